The van der Waals surface area contributed by atoms with Gasteiger partial charge in [-0.15, -0.1) is 0 Å². The maximum absolute atomic E-state index is 12.4. The predicted octanol–water partition coefficient (Wildman–Crippen LogP) is 2.68. The Labute approximate surface area is 121 Å². The third-order valence-electron chi connectivity index (χ3n) is 3.34. The van der Waals surface area contributed by atoms with Gasteiger partial charge in [0.1, 0.15) is 5.75 Å². The number of ether oxygens (including phenoxy) is 1. The summed E-state index contributed by atoms with van der Waals surface area (Å²) in [6.45, 7) is 5.18. The second kappa shape index (κ2) is 8.43. The second-order valence-corrected chi connectivity index (χ2v) is 4.61. The van der Waals surface area contributed by atoms with E-state index in [0.717, 1.165) is 24.3 Å². The lowest BCUT2D eigenvalue weighted by atomic mass is 10.1. The molecule has 1 rings (SSSR count). The number of rotatable bonds is 7. The van der Waals surface area contributed by atoms with Crippen LogP contribution >= 0.6 is 0 Å². The standard InChI is InChI=1S/C15H25N3O2/c1-4-13(5-2)18(10-9-16)15(19)17-12-7-6-8-14(11-12)20-3/h6-8,11,13H,4-5,9-10,16H2,1-3H3,(H,17,19). The zero-order valence-corrected chi connectivity index (χ0v) is 12.6. The summed E-state index contributed by atoms with van der Waals surface area (Å²) in [5.74, 6) is 0.718. The van der Waals surface area contributed by atoms with Crippen LogP contribution in [-0.2, 0) is 0 Å². The highest BCUT2D eigenvalue weighted by molar-refractivity contribution is 5.89. The van der Waals surface area contributed by atoms with Crippen LogP contribution in [0.2, 0.25) is 0 Å². The fraction of sp³-hybridized carbons (Fsp3) is 0.533. The van der Waals surface area contributed by atoms with Crippen molar-refractivity contribution in [2.45, 2.75) is 32.7 Å². The minimum atomic E-state index is -0.114. The minimum Gasteiger partial charge on any atom is -0.497 e. The van der Waals surface area contributed by atoms with Crippen molar-refractivity contribution in [3.8, 4) is 5.75 Å². The molecule has 0 aliphatic carbocycles. The molecule has 0 radical (unpaired) electrons. The van der Waals surface area contributed by atoms with Crippen LogP contribution in [0.15, 0.2) is 24.3 Å². The molecule has 5 heteroatoms. The highest BCUT2D eigenvalue weighted by Crippen LogP contribution is 2.18. The van der Waals surface area contributed by atoms with Crippen LogP contribution in [0.25, 0.3) is 0 Å². The van der Waals surface area contributed by atoms with E-state index >= 15 is 0 Å². The van der Waals surface area contributed by atoms with Crippen molar-refractivity contribution >= 4 is 11.7 Å². The van der Waals surface area contributed by atoms with Crippen LogP contribution < -0.4 is 15.8 Å². The molecule has 1 aromatic carbocycles. The van der Waals surface area contributed by atoms with Gasteiger partial charge >= 0.3 is 6.03 Å². The van der Waals surface area contributed by atoms with Crippen LogP contribution in [0.4, 0.5) is 10.5 Å². The first-order valence-electron chi connectivity index (χ1n) is 7.07. The Balaban J connectivity index is 2.79. The molecule has 2 amide bonds. The van der Waals surface area contributed by atoms with Crippen molar-refractivity contribution in [3.05, 3.63) is 24.3 Å². The summed E-state index contributed by atoms with van der Waals surface area (Å²) >= 11 is 0. The van der Waals surface area contributed by atoms with E-state index in [-0.39, 0.29) is 12.1 Å². The van der Waals surface area contributed by atoms with Crippen LogP contribution in [0.5, 0.6) is 5.75 Å². The van der Waals surface area contributed by atoms with Crippen molar-refractivity contribution in [2.24, 2.45) is 5.73 Å². The van der Waals surface area contributed by atoms with Crippen molar-refractivity contribution < 1.29 is 9.53 Å². The Bertz CT molecular complexity index is 419. The van der Waals surface area contributed by atoms with E-state index in [1.165, 1.54) is 0 Å². The highest BCUT2D eigenvalue weighted by Gasteiger charge is 2.20. The molecule has 3 N–H and O–H groups in total. The second-order valence-electron chi connectivity index (χ2n) is 4.61. The Hall–Kier alpha value is -1.75. The largest absolute Gasteiger partial charge is 0.497 e. The zero-order chi connectivity index (χ0) is 15.0. The van der Waals surface area contributed by atoms with Gasteiger partial charge in [-0.1, -0.05) is 19.9 Å². The Morgan fingerprint density at radius 1 is 1.40 bits per heavy atom. The van der Waals surface area contributed by atoms with Gasteiger partial charge in [-0.05, 0) is 25.0 Å². The molecule has 0 spiro atoms. The minimum absolute atomic E-state index is 0.114. The van der Waals surface area contributed by atoms with Gasteiger partial charge in [0.2, 0.25) is 0 Å². The summed E-state index contributed by atoms with van der Waals surface area (Å²) in [7, 11) is 1.60. The van der Waals surface area contributed by atoms with Gasteiger partial charge in [-0.25, -0.2) is 4.79 Å². The molecule has 20 heavy (non-hydrogen) atoms. The maximum atomic E-state index is 12.4. The van der Waals surface area contributed by atoms with Crippen molar-refractivity contribution in [2.75, 3.05) is 25.5 Å². The molecule has 0 bridgehead atoms. The lowest BCUT2D eigenvalue weighted by Gasteiger charge is -2.30. The molecule has 0 saturated carbocycles. The summed E-state index contributed by atoms with van der Waals surface area (Å²) in [4.78, 5) is 14.2. The van der Waals surface area contributed by atoms with E-state index in [1.54, 1.807) is 18.1 Å². The molecule has 0 saturated heterocycles. The first kappa shape index (κ1) is 16.3. The van der Waals surface area contributed by atoms with Gasteiger partial charge < -0.3 is 20.7 Å². The van der Waals surface area contributed by atoms with E-state index in [0.29, 0.717) is 13.1 Å². The van der Waals surface area contributed by atoms with Crippen LogP contribution in [0, 0.1) is 0 Å². The van der Waals surface area contributed by atoms with E-state index in [4.69, 9.17) is 10.5 Å². The smallest absolute Gasteiger partial charge is 0.322 e. The number of benzene rings is 1. The molecular weight excluding hydrogens is 254 g/mol. The van der Waals surface area contributed by atoms with Gasteiger partial charge in [0.05, 0.1) is 7.11 Å². The number of hydrogen-bond acceptors (Lipinski definition) is 3. The monoisotopic (exact) mass is 279 g/mol. The summed E-state index contributed by atoms with van der Waals surface area (Å²) in [6.07, 6.45) is 1.84. The quantitative estimate of drug-likeness (QED) is 0.806. The van der Waals surface area contributed by atoms with E-state index in [2.05, 4.69) is 19.2 Å². The average Bonchev–Trinajstić information content (AvgIpc) is 2.47. The molecule has 0 atom stereocenters. The summed E-state index contributed by atoms with van der Waals surface area (Å²) in [5, 5.41) is 2.90. The molecule has 0 fully saturated rings. The molecule has 0 aromatic heterocycles. The number of nitrogens with zero attached hydrogens (tertiary/aromatic N) is 1. The Kier molecular flexibility index (Phi) is 6.87. The predicted molar refractivity (Wildman–Crippen MR) is 82.1 cm³/mol. The third kappa shape index (κ3) is 4.42. The van der Waals surface area contributed by atoms with Gasteiger partial charge in [0.25, 0.3) is 0 Å². The third-order valence-corrected chi connectivity index (χ3v) is 3.34. The fourth-order valence-electron chi connectivity index (χ4n) is 2.21. The highest BCUT2D eigenvalue weighted by atomic mass is 16.5. The summed E-state index contributed by atoms with van der Waals surface area (Å²) in [6, 6.07) is 7.42. The molecule has 1 aromatic rings. The lowest BCUT2D eigenvalue weighted by molar-refractivity contribution is 0.185. The Morgan fingerprint density at radius 3 is 2.65 bits per heavy atom. The number of carbonyl (C=O) groups is 1. The van der Waals surface area contributed by atoms with Gasteiger partial charge in [0.15, 0.2) is 0 Å². The van der Waals surface area contributed by atoms with Crippen LogP contribution in [0.3, 0.4) is 0 Å². The van der Waals surface area contributed by atoms with E-state index in [1.807, 2.05) is 18.2 Å². The zero-order valence-electron chi connectivity index (χ0n) is 12.6. The van der Waals surface area contributed by atoms with Crippen molar-refractivity contribution in [1.82, 2.24) is 4.90 Å². The Morgan fingerprint density at radius 2 is 2.10 bits per heavy atom. The van der Waals surface area contributed by atoms with Gasteiger partial charge in [0, 0.05) is 30.9 Å². The van der Waals surface area contributed by atoms with Gasteiger partial charge in [-0.2, -0.15) is 0 Å². The maximum Gasteiger partial charge on any atom is 0.322 e. The summed E-state index contributed by atoms with van der Waals surface area (Å²) < 4.78 is 5.15. The van der Waals surface area contributed by atoms with Crippen LogP contribution in [-0.4, -0.2) is 37.2 Å². The van der Waals surface area contributed by atoms with Crippen LogP contribution in [0.1, 0.15) is 26.7 Å². The molecule has 0 unspecified atom stereocenters. The molecular formula is C15H25N3O2. The number of hydrogen-bond donors (Lipinski definition) is 2. The van der Waals surface area contributed by atoms with Gasteiger partial charge in [-0.3, -0.25) is 0 Å². The van der Waals surface area contributed by atoms with Crippen molar-refractivity contribution in [3.63, 3.8) is 0 Å². The summed E-state index contributed by atoms with van der Waals surface area (Å²) in [5.41, 5.74) is 6.34. The van der Waals surface area contributed by atoms with E-state index in [9.17, 15) is 4.79 Å². The normalized spacial score (nSPS) is 10.4. The molecule has 112 valence electrons. The van der Waals surface area contributed by atoms with E-state index < -0.39 is 0 Å². The SMILES string of the molecule is CCC(CC)N(CCN)C(=O)Nc1cccc(OC)c1. The molecule has 0 heterocycles. The first-order valence-corrected chi connectivity index (χ1v) is 7.07. The first-order chi connectivity index (χ1) is 9.65. The number of nitrogens with one attached hydrogen (secondary N) is 1. The fourth-order valence-corrected chi connectivity index (χ4v) is 2.21. The lowest BCUT2D eigenvalue weighted by Crippen LogP contribution is -2.45. The topological polar surface area (TPSA) is 67.6 Å². The average molecular weight is 279 g/mol. The number of nitrogens with two attached hydrogens (primary N) is 1. The number of amides is 2. The number of urea groups is 1. The molecule has 0 aliphatic rings. The van der Waals surface area contributed by atoms with Crippen molar-refractivity contribution in [1.29, 1.82) is 0 Å². The molecule has 5 nitrogen and oxygen atoms in total. The molecule has 0 aliphatic heterocycles. The number of carbonyl (C=O) groups excluding carboxylic acids is 1. The number of anilines is 1. The number of methoxy groups -OCH3 is 1.